The van der Waals surface area contributed by atoms with Crippen molar-refractivity contribution < 1.29 is 4.79 Å². The first-order valence-electron chi connectivity index (χ1n) is 7.30. The lowest BCUT2D eigenvalue weighted by molar-refractivity contribution is -0.121. The molecule has 0 aliphatic rings. The van der Waals surface area contributed by atoms with Crippen LogP contribution in [0.3, 0.4) is 0 Å². The topological polar surface area (TPSA) is 55.1 Å². The quantitative estimate of drug-likeness (QED) is 0.856. The maximum atomic E-state index is 12.2. The molecule has 3 heteroatoms. The van der Waals surface area contributed by atoms with E-state index < -0.39 is 0 Å². The fraction of sp³-hybridized carbons (Fsp3) is 0.278. The molecule has 2 rings (SSSR count). The molecule has 0 heterocycles. The van der Waals surface area contributed by atoms with Gasteiger partial charge in [-0.05, 0) is 18.1 Å². The van der Waals surface area contributed by atoms with Crippen molar-refractivity contribution >= 4 is 5.91 Å². The minimum Gasteiger partial charge on any atom is -0.352 e. The van der Waals surface area contributed by atoms with Crippen molar-refractivity contribution in [3.05, 3.63) is 71.8 Å². The molecule has 0 radical (unpaired) electrons. The van der Waals surface area contributed by atoms with Crippen molar-refractivity contribution in [2.45, 2.75) is 25.3 Å². The van der Waals surface area contributed by atoms with Crippen molar-refractivity contribution in [2.24, 2.45) is 5.73 Å². The van der Waals surface area contributed by atoms with Crippen molar-refractivity contribution in [2.75, 3.05) is 6.54 Å². The molecule has 1 amide bonds. The van der Waals surface area contributed by atoms with Crippen molar-refractivity contribution in [3.8, 4) is 0 Å². The van der Waals surface area contributed by atoms with Crippen molar-refractivity contribution in [1.29, 1.82) is 0 Å². The smallest absolute Gasteiger partial charge is 0.221 e. The summed E-state index contributed by atoms with van der Waals surface area (Å²) in [6, 6.07) is 20.3. The lowest BCUT2D eigenvalue weighted by Crippen LogP contribution is -2.38. The molecule has 0 saturated carbocycles. The van der Waals surface area contributed by atoms with Crippen LogP contribution in [0.1, 0.15) is 30.4 Å². The SMILES string of the molecule is C[C@@H](CN)NC(=O)CC(c1ccccc1)c1ccccc1. The maximum Gasteiger partial charge on any atom is 0.221 e. The van der Waals surface area contributed by atoms with Crippen LogP contribution < -0.4 is 11.1 Å². The second-order valence-corrected chi connectivity index (χ2v) is 5.28. The largest absolute Gasteiger partial charge is 0.352 e. The molecule has 0 spiro atoms. The van der Waals surface area contributed by atoms with Gasteiger partial charge in [0.1, 0.15) is 0 Å². The maximum absolute atomic E-state index is 12.2. The molecule has 3 nitrogen and oxygen atoms in total. The molecule has 110 valence electrons. The van der Waals surface area contributed by atoms with Crippen LogP contribution in [-0.4, -0.2) is 18.5 Å². The molecule has 1 atom stereocenters. The van der Waals surface area contributed by atoms with Gasteiger partial charge in [-0.25, -0.2) is 0 Å². The number of carbonyl (C=O) groups excluding carboxylic acids is 1. The zero-order valence-corrected chi connectivity index (χ0v) is 12.3. The van der Waals surface area contributed by atoms with Crippen molar-refractivity contribution in [1.82, 2.24) is 5.32 Å². The highest BCUT2D eigenvalue weighted by Gasteiger charge is 2.18. The molecule has 0 saturated heterocycles. The van der Waals surface area contributed by atoms with Crippen LogP contribution in [0.4, 0.5) is 0 Å². The summed E-state index contributed by atoms with van der Waals surface area (Å²) >= 11 is 0. The zero-order chi connectivity index (χ0) is 15.1. The Morgan fingerprint density at radius 3 is 1.90 bits per heavy atom. The first-order valence-corrected chi connectivity index (χ1v) is 7.30. The van der Waals surface area contributed by atoms with Crippen LogP contribution in [0, 0.1) is 0 Å². The number of nitrogens with two attached hydrogens (primary N) is 1. The van der Waals surface area contributed by atoms with Crippen LogP contribution in [0.5, 0.6) is 0 Å². The Morgan fingerprint density at radius 2 is 1.48 bits per heavy atom. The number of hydrogen-bond donors (Lipinski definition) is 2. The predicted molar refractivity (Wildman–Crippen MR) is 86.0 cm³/mol. The number of amides is 1. The monoisotopic (exact) mass is 282 g/mol. The Kier molecular flexibility index (Phi) is 5.52. The third-order valence-electron chi connectivity index (χ3n) is 3.55. The Hall–Kier alpha value is -2.13. The molecule has 0 aromatic heterocycles. The molecule has 2 aromatic carbocycles. The third kappa shape index (κ3) is 4.43. The van der Waals surface area contributed by atoms with Crippen LogP contribution in [0.15, 0.2) is 60.7 Å². The third-order valence-corrected chi connectivity index (χ3v) is 3.55. The number of hydrogen-bond acceptors (Lipinski definition) is 2. The highest BCUT2D eigenvalue weighted by atomic mass is 16.1. The summed E-state index contributed by atoms with van der Waals surface area (Å²) in [4.78, 5) is 12.2. The van der Waals surface area contributed by atoms with Gasteiger partial charge in [0.2, 0.25) is 5.91 Å². The molecule has 0 aliphatic carbocycles. The lowest BCUT2D eigenvalue weighted by atomic mass is 9.88. The van der Waals surface area contributed by atoms with E-state index in [0.29, 0.717) is 13.0 Å². The van der Waals surface area contributed by atoms with E-state index in [-0.39, 0.29) is 17.9 Å². The molecule has 0 aliphatic heterocycles. The molecule has 0 unspecified atom stereocenters. The van der Waals surface area contributed by atoms with Gasteiger partial charge in [-0.2, -0.15) is 0 Å². The van der Waals surface area contributed by atoms with E-state index in [1.165, 1.54) is 0 Å². The molecule has 0 bridgehead atoms. The lowest BCUT2D eigenvalue weighted by Gasteiger charge is -2.19. The summed E-state index contributed by atoms with van der Waals surface area (Å²) in [5.41, 5.74) is 7.86. The molecular weight excluding hydrogens is 260 g/mol. The number of nitrogens with one attached hydrogen (secondary N) is 1. The highest BCUT2D eigenvalue weighted by molar-refractivity contribution is 5.77. The normalized spacial score (nSPS) is 12.1. The van der Waals surface area contributed by atoms with Crippen LogP contribution >= 0.6 is 0 Å². The van der Waals surface area contributed by atoms with Gasteiger partial charge in [-0.15, -0.1) is 0 Å². The van der Waals surface area contributed by atoms with E-state index in [2.05, 4.69) is 29.6 Å². The second-order valence-electron chi connectivity index (χ2n) is 5.28. The van der Waals surface area contributed by atoms with Gasteiger partial charge in [0.25, 0.3) is 0 Å². The minimum absolute atomic E-state index is 0.00435. The van der Waals surface area contributed by atoms with E-state index in [1.807, 2.05) is 43.3 Å². The average Bonchev–Trinajstić information content (AvgIpc) is 2.54. The van der Waals surface area contributed by atoms with Crippen LogP contribution in [0.25, 0.3) is 0 Å². The van der Waals surface area contributed by atoms with E-state index in [4.69, 9.17) is 5.73 Å². The Labute approximate surface area is 126 Å². The Balaban J connectivity index is 2.19. The molecule has 21 heavy (non-hydrogen) atoms. The van der Waals surface area contributed by atoms with E-state index in [0.717, 1.165) is 11.1 Å². The number of benzene rings is 2. The summed E-state index contributed by atoms with van der Waals surface area (Å²) in [5.74, 6) is 0.100. The van der Waals surface area contributed by atoms with Gasteiger partial charge < -0.3 is 11.1 Å². The summed E-state index contributed by atoms with van der Waals surface area (Å²) in [6.07, 6.45) is 0.429. The number of carbonyl (C=O) groups is 1. The second kappa shape index (κ2) is 7.60. The van der Waals surface area contributed by atoms with Gasteiger partial charge in [0, 0.05) is 24.9 Å². The van der Waals surface area contributed by atoms with E-state index >= 15 is 0 Å². The molecule has 2 aromatic rings. The van der Waals surface area contributed by atoms with E-state index in [1.54, 1.807) is 0 Å². The molecule has 0 fully saturated rings. The highest BCUT2D eigenvalue weighted by Crippen LogP contribution is 2.27. The molecular formula is C18H22N2O. The Morgan fingerprint density at radius 1 is 1.00 bits per heavy atom. The first-order chi connectivity index (χ1) is 10.2. The minimum atomic E-state index is 0.00435. The van der Waals surface area contributed by atoms with Gasteiger partial charge in [-0.1, -0.05) is 60.7 Å². The summed E-state index contributed by atoms with van der Waals surface area (Å²) in [5, 5.41) is 2.94. The fourth-order valence-corrected chi connectivity index (χ4v) is 2.38. The van der Waals surface area contributed by atoms with Crippen molar-refractivity contribution in [3.63, 3.8) is 0 Å². The van der Waals surface area contributed by atoms with Gasteiger partial charge >= 0.3 is 0 Å². The zero-order valence-electron chi connectivity index (χ0n) is 12.3. The summed E-state index contributed by atoms with van der Waals surface area (Å²) < 4.78 is 0. The first kappa shape index (κ1) is 15.3. The summed E-state index contributed by atoms with van der Waals surface area (Å²) in [6.45, 7) is 2.37. The van der Waals surface area contributed by atoms with Gasteiger partial charge in [0.15, 0.2) is 0 Å². The van der Waals surface area contributed by atoms with Gasteiger partial charge in [0.05, 0.1) is 0 Å². The average molecular weight is 282 g/mol. The predicted octanol–water partition coefficient (Wildman–Crippen LogP) is 2.67. The van der Waals surface area contributed by atoms with Gasteiger partial charge in [-0.3, -0.25) is 4.79 Å². The Bertz CT molecular complexity index is 514. The van der Waals surface area contributed by atoms with Crippen LogP contribution in [0.2, 0.25) is 0 Å². The molecule has 3 N–H and O–H groups in total. The standard InChI is InChI=1S/C18H22N2O/c1-14(13-19)20-18(21)12-17(15-8-4-2-5-9-15)16-10-6-3-7-11-16/h2-11,14,17H,12-13,19H2,1H3,(H,20,21)/t14-/m0/s1. The summed E-state index contributed by atoms with van der Waals surface area (Å²) in [7, 11) is 0. The van der Waals surface area contributed by atoms with E-state index in [9.17, 15) is 4.79 Å². The van der Waals surface area contributed by atoms with Crippen LogP contribution in [-0.2, 0) is 4.79 Å². The fourth-order valence-electron chi connectivity index (χ4n) is 2.38. The number of rotatable bonds is 6.